The Labute approximate surface area is 250 Å². The molecule has 0 spiro atoms. The molecule has 0 aromatic heterocycles. The minimum Gasteiger partial charge on any atom is -0.676 e. The second kappa shape index (κ2) is 9.89. The molecule has 0 aliphatic carbocycles. The lowest BCUT2D eigenvalue weighted by atomic mass is 9.60. The molecule has 8 rings (SSSR count). The van der Waals surface area contributed by atoms with Crippen molar-refractivity contribution in [1.82, 2.24) is 4.81 Å². The van der Waals surface area contributed by atoms with Crippen molar-refractivity contribution in [3.8, 4) is 5.75 Å². The molecule has 5 heteroatoms. The lowest BCUT2D eigenvalue weighted by Gasteiger charge is -2.51. The van der Waals surface area contributed by atoms with Crippen molar-refractivity contribution >= 4 is 34.5 Å². The van der Waals surface area contributed by atoms with Crippen molar-refractivity contribution in [3.05, 3.63) is 179 Å². The van der Waals surface area contributed by atoms with Crippen LogP contribution in [0.25, 0.3) is 10.8 Å². The first-order valence-corrected chi connectivity index (χ1v) is 14.8. The van der Waals surface area contributed by atoms with E-state index in [0.29, 0.717) is 11.6 Å². The van der Waals surface area contributed by atoms with Crippen LogP contribution in [0.2, 0.25) is 5.02 Å². The van der Waals surface area contributed by atoms with Crippen molar-refractivity contribution in [2.24, 2.45) is 0 Å². The van der Waals surface area contributed by atoms with Crippen LogP contribution in [0.5, 0.6) is 5.75 Å². The number of hydrogen-bond donors (Lipinski definition) is 0. The molecule has 2 aliphatic rings. The van der Waals surface area contributed by atoms with Gasteiger partial charge in [-0.1, -0.05) is 145 Å². The summed E-state index contributed by atoms with van der Waals surface area (Å²) in [6, 6.07) is 52.4. The van der Waals surface area contributed by atoms with Crippen molar-refractivity contribution in [2.45, 2.75) is 18.2 Å². The van der Waals surface area contributed by atoms with E-state index in [9.17, 15) is 0 Å². The summed E-state index contributed by atoms with van der Waals surface area (Å²) in [5, 5.41) is 3.06. The Balaban J connectivity index is 1.47. The minimum atomic E-state index is -2.19. The molecule has 2 heterocycles. The summed E-state index contributed by atoms with van der Waals surface area (Å²) in [5.41, 5.74) is 4.56. The standard InChI is InChI=1S/C37H28BClNO2/c39-32-23-21-31(22-24-32)38-40(26-34-33-19-11-10-12-27(33)20-25-35(34)41-38)36(28-13-4-1-5-14-28)37(42-38,29-15-6-2-7-16-29)30-17-8-3-9-18-30/h1-25,36H,26H2/q-1/t36-,38?/m1/s1. The van der Waals surface area contributed by atoms with E-state index < -0.39 is 12.3 Å². The fourth-order valence-corrected chi connectivity index (χ4v) is 7.27. The average molecular weight is 565 g/mol. The van der Waals surface area contributed by atoms with E-state index in [4.69, 9.17) is 20.9 Å². The Morgan fingerprint density at radius 2 is 1.24 bits per heavy atom. The molecule has 2 aliphatic heterocycles. The highest BCUT2D eigenvalue weighted by atomic mass is 35.5. The van der Waals surface area contributed by atoms with Gasteiger partial charge in [-0.2, -0.15) is 0 Å². The number of benzene rings is 6. The maximum absolute atomic E-state index is 7.70. The predicted molar refractivity (Wildman–Crippen MR) is 171 cm³/mol. The van der Waals surface area contributed by atoms with E-state index in [-0.39, 0.29) is 6.04 Å². The summed E-state index contributed by atoms with van der Waals surface area (Å²) in [6.07, 6.45) is 0. The van der Waals surface area contributed by atoms with Gasteiger partial charge in [0.25, 0.3) is 0 Å². The molecule has 0 N–H and O–H groups in total. The van der Waals surface area contributed by atoms with E-state index >= 15 is 0 Å². The topological polar surface area (TPSA) is 21.7 Å². The predicted octanol–water partition coefficient (Wildman–Crippen LogP) is 8.25. The quantitative estimate of drug-likeness (QED) is 0.201. The first-order chi connectivity index (χ1) is 20.7. The lowest BCUT2D eigenvalue weighted by Crippen LogP contribution is -2.66. The summed E-state index contributed by atoms with van der Waals surface area (Å²) in [7, 11) is 0. The fraction of sp³-hybridized carbons (Fsp3) is 0.0811. The second-order valence-corrected chi connectivity index (χ2v) is 11.6. The summed E-state index contributed by atoms with van der Waals surface area (Å²) in [5.74, 6) is 0.851. The van der Waals surface area contributed by atoms with Gasteiger partial charge in [-0.25, -0.2) is 0 Å². The zero-order valence-electron chi connectivity index (χ0n) is 22.9. The lowest BCUT2D eigenvalue weighted by molar-refractivity contribution is 0.0870. The molecule has 1 unspecified atom stereocenters. The fourth-order valence-electron chi connectivity index (χ4n) is 7.15. The van der Waals surface area contributed by atoms with Crippen molar-refractivity contribution in [3.63, 3.8) is 0 Å². The smallest absolute Gasteiger partial charge is 0.404 e. The van der Waals surface area contributed by atoms with Gasteiger partial charge in [0.2, 0.25) is 0 Å². The highest BCUT2D eigenvalue weighted by Gasteiger charge is 2.61. The number of halogens is 1. The molecule has 6 aromatic carbocycles. The van der Waals surface area contributed by atoms with Crippen molar-refractivity contribution < 1.29 is 9.31 Å². The Kier molecular flexibility index (Phi) is 5.97. The highest BCUT2D eigenvalue weighted by molar-refractivity contribution is 6.80. The number of fused-ring (bicyclic) bond motifs is 4. The van der Waals surface area contributed by atoms with Gasteiger partial charge in [0.1, 0.15) is 0 Å². The molecule has 0 saturated carbocycles. The summed E-state index contributed by atoms with van der Waals surface area (Å²) in [4.78, 5) is 2.47. The Morgan fingerprint density at radius 1 is 0.643 bits per heavy atom. The molecular weight excluding hydrogens is 537 g/mol. The molecule has 0 radical (unpaired) electrons. The van der Waals surface area contributed by atoms with Gasteiger partial charge in [-0.3, -0.25) is 0 Å². The van der Waals surface area contributed by atoms with Crippen LogP contribution in [-0.4, -0.2) is 11.5 Å². The molecule has 3 nitrogen and oxygen atoms in total. The minimum absolute atomic E-state index is 0.203. The van der Waals surface area contributed by atoms with Gasteiger partial charge in [0, 0.05) is 16.6 Å². The van der Waals surface area contributed by atoms with Crippen LogP contribution in [0.1, 0.15) is 28.3 Å². The summed E-state index contributed by atoms with van der Waals surface area (Å²) >= 11 is 6.42. The van der Waals surface area contributed by atoms with E-state index in [1.165, 1.54) is 16.3 Å². The van der Waals surface area contributed by atoms with Crippen LogP contribution in [0.15, 0.2) is 152 Å². The van der Waals surface area contributed by atoms with Crippen molar-refractivity contribution in [1.29, 1.82) is 0 Å². The number of nitrogens with zero attached hydrogens (tertiary/aromatic N) is 1. The zero-order chi connectivity index (χ0) is 28.1. The van der Waals surface area contributed by atoms with E-state index in [1.807, 2.05) is 12.1 Å². The third-order valence-corrected chi connectivity index (χ3v) is 9.19. The average Bonchev–Trinajstić information content (AvgIpc) is 3.37. The zero-order valence-corrected chi connectivity index (χ0v) is 23.7. The third-order valence-electron chi connectivity index (χ3n) is 8.94. The molecular formula is C37H28BClNO2-. The summed E-state index contributed by atoms with van der Waals surface area (Å²) in [6.45, 7) is -1.53. The Morgan fingerprint density at radius 3 is 1.90 bits per heavy atom. The SMILES string of the molecule is Clc1ccc([B-]23Oc4ccc5ccccc5c4CN2[C@H](c2ccccc2)C(c2ccccc2)(c2ccccc2)O3)cc1. The molecule has 1 saturated heterocycles. The first-order valence-electron chi connectivity index (χ1n) is 14.4. The maximum Gasteiger partial charge on any atom is 0.404 e. The Hall–Kier alpha value is -4.35. The third kappa shape index (κ3) is 3.76. The van der Waals surface area contributed by atoms with Gasteiger partial charge < -0.3 is 14.1 Å². The van der Waals surface area contributed by atoms with E-state index in [1.54, 1.807) is 0 Å². The number of hydrogen-bond acceptors (Lipinski definition) is 3. The van der Waals surface area contributed by atoms with Gasteiger partial charge in [-0.05, 0) is 52.2 Å². The molecule has 2 atom stereocenters. The molecule has 0 amide bonds. The van der Waals surface area contributed by atoms with Crippen LogP contribution >= 0.6 is 11.6 Å². The van der Waals surface area contributed by atoms with Gasteiger partial charge in [0.05, 0.1) is 11.4 Å². The van der Waals surface area contributed by atoms with E-state index in [0.717, 1.165) is 27.9 Å². The second-order valence-electron chi connectivity index (χ2n) is 11.2. The van der Waals surface area contributed by atoms with Crippen molar-refractivity contribution in [2.75, 3.05) is 0 Å². The Bertz CT molecular complexity index is 1840. The van der Waals surface area contributed by atoms with Crippen LogP contribution in [0.4, 0.5) is 0 Å². The normalized spacial score (nSPS) is 20.9. The monoisotopic (exact) mass is 564 g/mol. The van der Waals surface area contributed by atoms with Crippen LogP contribution in [-0.2, 0) is 16.8 Å². The van der Waals surface area contributed by atoms with Crippen LogP contribution in [0, 0.1) is 0 Å². The molecule has 6 aromatic rings. The first kappa shape index (κ1) is 25.4. The van der Waals surface area contributed by atoms with Crippen LogP contribution < -0.4 is 10.1 Å². The number of rotatable bonds is 4. The maximum atomic E-state index is 7.70. The van der Waals surface area contributed by atoms with Crippen LogP contribution in [0.3, 0.4) is 0 Å². The molecule has 42 heavy (non-hydrogen) atoms. The van der Waals surface area contributed by atoms with Gasteiger partial charge >= 0.3 is 6.69 Å². The largest absolute Gasteiger partial charge is 0.676 e. The van der Waals surface area contributed by atoms with Gasteiger partial charge in [-0.15, -0.1) is 5.46 Å². The molecule has 1 fully saturated rings. The highest BCUT2D eigenvalue weighted by Crippen LogP contribution is 2.58. The molecule has 0 bridgehead atoms. The van der Waals surface area contributed by atoms with E-state index in [2.05, 4.69) is 144 Å². The summed E-state index contributed by atoms with van der Waals surface area (Å²) < 4.78 is 14.9. The molecule has 204 valence electrons. The van der Waals surface area contributed by atoms with Gasteiger partial charge in [0.15, 0.2) is 0 Å².